The molecule has 136 valence electrons. The quantitative estimate of drug-likeness (QED) is 0.445. The van der Waals surface area contributed by atoms with Crippen molar-refractivity contribution in [1.82, 2.24) is 20.4 Å². The standard InChI is InChI=1S/C19H16N4O3S/c1-24-15-9-7-13(8-10-15)11-16-20-23-19(26-16)27-12-17-21-22-18(25-17)14-5-3-2-4-6-14/h2-10H,11-12H2,1H3. The van der Waals surface area contributed by atoms with E-state index in [0.29, 0.717) is 35.1 Å². The Morgan fingerprint density at radius 2 is 1.63 bits per heavy atom. The highest BCUT2D eigenvalue weighted by atomic mass is 32.2. The third-order valence-corrected chi connectivity index (χ3v) is 4.57. The summed E-state index contributed by atoms with van der Waals surface area (Å²) in [4.78, 5) is 0. The van der Waals surface area contributed by atoms with Crippen molar-refractivity contribution in [2.75, 3.05) is 7.11 Å². The molecule has 4 aromatic rings. The van der Waals surface area contributed by atoms with Gasteiger partial charge < -0.3 is 13.6 Å². The minimum Gasteiger partial charge on any atom is -0.497 e. The third-order valence-electron chi connectivity index (χ3n) is 3.77. The van der Waals surface area contributed by atoms with Crippen molar-refractivity contribution in [2.24, 2.45) is 0 Å². The Labute approximate surface area is 159 Å². The highest BCUT2D eigenvalue weighted by Gasteiger charge is 2.12. The van der Waals surface area contributed by atoms with Crippen LogP contribution >= 0.6 is 11.8 Å². The van der Waals surface area contributed by atoms with Gasteiger partial charge in [0.1, 0.15) is 5.75 Å². The van der Waals surface area contributed by atoms with E-state index in [1.807, 2.05) is 54.6 Å². The molecule has 2 heterocycles. The van der Waals surface area contributed by atoms with Gasteiger partial charge in [-0.05, 0) is 29.8 Å². The van der Waals surface area contributed by atoms with E-state index >= 15 is 0 Å². The fourth-order valence-corrected chi connectivity index (χ4v) is 3.04. The maximum Gasteiger partial charge on any atom is 0.277 e. The second-order valence-corrected chi connectivity index (χ2v) is 6.57. The summed E-state index contributed by atoms with van der Waals surface area (Å²) in [6.45, 7) is 0. The smallest absolute Gasteiger partial charge is 0.277 e. The van der Waals surface area contributed by atoms with Crippen molar-refractivity contribution in [3.63, 3.8) is 0 Å². The maximum atomic E-state index is 5.68. The molecular weight excluding hydrogens is 364 g/mol. The normalized spacial score (nSPS) is 10.9. The molecule has 2 aromatic heterocycles. The molecule has 0 N–H and O–H groups in total. The Morgan fingerprint density at radius 3 is 2.41 bits per heavy atom. The van der Waals surface area contributed by atoms with E-state index in [4.69, 9.17) is 13.6 Å². The molecule has 0 aliphatic heterocycles. The van der Waals surface area contributed by atoms with Crippen LogP contribution in [0.3, 0.4) is 0 Å². The Balaban J connectivity index is 1.35. The minimum atomic E-state index is 0.462. The predicted octanol–water partition coefficient (Wildman–Crippen LogP) is 4.01. The average molecular weight is 380 g/mol. The second-order valence-electron chi connectivity index (χ2n) is 5.64. The summed E-state index contributed by atoms with van der Waals surface area (Å²) >= 11 is 1.36. The molecule has 0 fully saturated rings. The van der Waals surface area contributed by atoms with Crippen molar-refractivity contribution < 1.29 is 13.6 Å². The first-order valence-corrected chi connectivity index (χ1v) is 9.24. The number of hydrogen-bond acceptors (Lipinski definition) is 8. The first kappa shape index (κ1) is 17.3. The number of aromatic nitrogens is 4. The number of benzene rings is 2. The van der Waals surface area contributed by atoms with Crippen LogP contribution in [0.1, 0.15) is 17.3 Å². The van der Waals surface area contributed by atoms with Gasteiger partial charge in [-0.3, -0.25) is 0 Å². The van der Waals surface area contributed by atoms with Crippen LogP contribution in [-0.4, -0.2) is 27.5 Å². The Morgan fingerprint density at radius 1 is 0.852 bits per heavy atom. The molecule has 0 saturated carbocycles. The summed E-state index contributed by atoms with van der Waals surface area (Å²) < 4.78 is 16.5. The van der Waals surface area contributed by atoms with E-state index < -0.39 is 0 Å². The lowest BCUT2D eigenvalue weighted by Crippen LogP contribution is -1.89. The fraction of sp³-hybridized carbons (Fsp3) is 0.158. The van der Waals surface area contributed by atoms with Crippen LogP contribution in [0.2, 0.25) is 0 Å². The Kier molecular flexibility index (Phi) is 5.15. The Hall–Kier alpha value is -3.13. The number of hydrogen-bond donors (Lipinski definition) is 0. The maximum absolute atomic E-state index is 5.68. The van der Waals surface area contributed by atoms with E-state index in [2.05, 4.69) is 20.4 Å². The number of ether oxygens (including phenoxy) is 1. The van der Waals surface area contributed by atoms with Gasteiger partial charge in [0.25, 0.3) is 5.22 Å². The summed E-state index contributed by atoms with van der Waals surface area (Å²) in [5.74, 6) is 2.84. The largest absolute Gasteiger partial charge is 0.497 e. The van der Waals surface area contributed by atoms with Gasteiger partial charge in [-0.25, -0.2) is 0 Å². The lowest BCUT2D eigenvalue weighted by atomic mass is 10.1. The second kappa shape index (κ2) is 8.05. The summed E-state index contributed by atoms with van der Waals surface area (Å²) in [5.41, 5.74) is 1.96. The summed E-state index contributed by atoms with van der Waals surface area (Å²) in [6.07, 6.45) is 0.566. The van der Waals surface area contributed by atoms with E-state index in [-0.39, 0.29) is 0 Å². The van der Waals surface area contributed by atoms with Crippen LogP contribution in [0.25, 0.3) is 11.5 Å². The Bertz CT molecular complexity index is 999. The highest BCUT2D eigenvalue weighted by Crippen LogP contribution is 2.24. The SMILES string of the molecule is COc1ccc(Cc2nnc(SCc3nnc(-c4ccccc4)o3)o2)cc1. The van der Waals surface area contributed by atoms with Crippen LogP contribution in [-0.2, 0) is 12.2 Å². The van der Waals surface area contributed by atoms with Gasteiger partial charge in [0.05, 0.1) is 19.3 Å². The molecule has 8 heteroatoms. The highest BCUT2D eigenvalue weighted by molar-refractivity contribution is 7.98. The summed E-state index contributed by atoms with van der Waals surface area (Å²) in [5, 5.41) is 16.7. The van der Waals surface area contributed by atoms with Crippen LogP contribution in [0.5, 0.6) is 5.75 Å². The molecule has 0 spiro atoms. The molecular formula is C19H16N4O3S. The zero-order valence-corrected chi connectivity index (χ0v) is 15.3. The molecule has 0 amide bonds. The van der Waals surface area contributed by atoms with Crippen LogP contribution < -0.4 is 4.74 Å². The minimum absolute atomic E-state index is 0.462. The lowest BCUT2D eigenvalue weighted by molar-refractivity contribution is 0.413. The summed E-state index contributed by atoms with van der Waals surface area (Å²) in [6, 6.07) is 17.4. The molecule has 27 heavy (non-hydrogen) atoms. The van der Waals surface area contributed by atoms with Crippen molar-refractivity contribution in [3.05, 3.63) is 71.9 Å². The molecule has 0 aliphatic rings. The molecule has 0 aliphatic carbocycles. The van der Waals surface area contributed by atoms with Crippen molar-refractivity contribution in [2.45, 2.75) is 17.4 Å². The van der Waals surface area contributed by atoms with Gasteiger partial charge in [0, 0.05) is 5.56 Å². The molecule has 7 nitrogen and oxygen atoms in total. The predicted molar refractivity (Wildman–Crippen MR) is 99.4 cm³/mol. The molecule has 0 radical (unpaired) electrons. The number of methoxy groups -OCH3 is 1. The van der Waals surface area contributed by atoms with Gasteiger partial charge in [-0.1, -0.05) is 42.1 Å². The number of thioether (sulfide) groups is 1. The van der Waals surface area contributed by atoms with E-state index in [9.17, 15) is 0 Å². The fourth-order valence-electron chi connectivity index (χ4n) is 2.42. The average Bonchev–Trinajstić information content (AvgIpc) is 3.37. The van der Waals surface area contributed by atoms with Gasteiger partial charge in [-0.2, -0.15) is 0 Å². The lowest BCUT2D eigenvalue weighted by Gasteiger charge is -2.00. The van der Waals surface area contributed by atoms with E-state index in [1.54, 1.807) is 7.11 Å². The molecule has 0 bridgehead atoms. The van der Waals surface area contributed by atoms with Gasteiger partial charge in [-0.15, -0.1) is 20.4 Å². The topological polar surface area (TPSA) is 87.1 Å². The van der Waals surface area contributed by atoms with E-state index in [0.717, 1.165) is 16.9 Å². The van der Waals surface area contributed by atoms with Gasteiger partial charge >= 0.3 is 0 Å². The molecule has 0 atom stereocenters. The molecule has 0 unspecified atom stereocenters. The zero-order valence-electron chi connectivity index (χ0n) is 14.5. The molecule has 2 aromatic carbocycles. The molecule has 0 saturated heterocycles. The first-order chi connectivity index (χ1) is 13.3. The first-order valence-electron chi connectivity index (χ1n) is 8.26. The van der Waals surface area contributed by atoms with E-state index in [1.165, 1.54) is 11.8 Å². The van der Waals surface area contributed by atoms with Gasteiger partial charge in [0.2, 0.25) is 17.7 Å². The monoisotopic (exact) mass is 380 g/mol. The van der Waals surface area contributed by atoms with Crippen molar-refractivity contribution >= 4 is 11.8 Å². The van der Waals surface area contributed by atoms with Crippen molar-refractivity contribution in [3.8, 4) is 17.2 Å². The molecule has 4 rings (SSSR count). The van der Waals surface area contributed by atoms with Gasteiger partial charge in [0.15, 0.2) is 0 Å². The van der Waals surface area contributed by atoms with Crippen molar-refractivity contribution in [1.29, 1.82) is 0 Å². The number of nitrogens with zero attached hydrogens (tertiary/aromatic N) is 4. The third kappa shape index (κ3) is 4.35. The number of rotatable bonds is 7. The van der Waals surface area contributed by atoms with Crippen LogP contribution in [0, 0.1) is 0 Å². The van der Waals surface area contributed by atoms with Crippen LogP contribution in [0.4, 0.5) is 0 Å². The van der Waals surface area contributed by atoms with Crippen LogP contribution in [0.15, 0.2) is 68.7 Å². The zero-order chi connectivity index (χ0) is 18.5. The summed E-state index contributed by atoms with van der Waals surface area (Å²) in [7, 11) is 1.64.